The summed E-state index contributed by atoms with van der Waals surface area (Å²) in [5, 5.41) is 8.61. The van der Waals surface area contributed by atoms with Crippen LogP contribution in [0.15, 0.2) is 48.5 Å². The maximum Gasteiger partial charge on any atom is 0.407 e. The van der Waals surface area contributed by atoms with Crippen LogP contribution in [-0.4, -0.2) is 56.9 Å². The SMILES string of the molecule is COC(=O)[C@H](CCCNC(=O)OCC1c2ccccc2-c2ccccc21)NC(=O)[C@@H]1CCCN1. The summed E-state index contributed by atoms with van der Waals surface area (Å²) in [6.07, 6.45) is 2.03. The fraction of sp³-hybridized carbons (Fsp3) is 0.423. The molecular weight excluding hydrogens is 434 g/mol. The van der Waals surface area contributed by atoms with Gasteiger partial charge in [0.05, 0.1) is 13.2 Å². The number of amides is 2. The van der Waals surface area contributed by atoms with Crippen LogP contribution in [0.25, 0.3) is 11.1 Å². The summed E-state index contributed by atoms with van der Waals surface area (Å²) >= 11 is 0. The summed E-state index contributed by atoms with van der Waals surface area (Å²) in [5.74, 6) is -0.689. The molecule has 1 aliphatic heterocycles. The van der Waals surface area contributed by atoms with E-state index in [1.165, 1.54) is 18.2 Å². The summed E-state index contributed by atoms with van der Waals surface area (Å²) in [5.41, 5.74) is 4.67. The van der Waals surface area contributed by atoms with E-state index in [2.05, 4.69) is 40.2 Å². The number of fused-ring (bicyclic) bond motifs is 3. The van der Waals surface area contributed by atoms with E-state index in [0.29, 0.717) is 19.4 Å². The summed E-state index contributed by atoms with van der Waals surface area (Å²) in [7, 11) is 1.30. The highest BCUT2D eigenvalue weighted by Gasteiger charge is 2.29. The van der Waals surface area contributed by atoms with Crippen molar-refractivity contribution < 1.29 is 23.9 Å². The van der Waals surface area contributed by atoms with Gasteiger partial charge >= 0.3 is 12.1 Å². The van der Waals surface area contributed by atoms with E-state index in [0.717, 1.165) is 30.5 Å². The standard InChI is InChI=1S/C26H31N3O5/c1-33-25(31)23(29-24(30)22-12-6-14-27-22)13-7-15-28-26(32)34-16-21-19-10-4-2-8-17(19)18-9-3-5-11-20(18)21/h2-5,8-11,21-23,27H,6-7,12-16H2,1H3,(H,28,32)(H,29,30)/t22-,23-/m0/s1. The molecule has 2 aromatic carbocycles. The summed E-state index contributed by atoms with van der Waals surface area (Å²) < 4.78 is 10.3. The number of methoxy groups -OCH3 is 1. The van der Waals surface area contributed by atoms with Crippen LogP contribution in [-0.2, 0) is 19.1 Å². The van der Waals surface area contributed by atoms with Crippen molar-refractivity contribution in [1.29, 1.82) is 0 Å². The van der Waals surface area contributed by atoms with Crippen molar-refractivity contribution in [2.75, 3.05) is 26.8 Å². The minimum absolute atomic E-state index is 0.00117. The highest BCUT2D eigenvalue weighted by molar-refractivity contribution is 5.87. The van der Waals surface area contributed by atoms with Gasteiger partial charge in [-0.1, -0.05) is 48.5 Å². The first-order valence-electron chi connectivity index (χ1n) is 11.8. The van der Waals surface area contributed by atoms with Crippen LogP contribution in [0, 0.1) is 0 Å². The molecule has 0 spiro atoms. The van der Waals surface area contributed by atoms with Crippen LogP contribution >= 0.6 is 0 Å². The van der Waals surface area contributed by atoms with E-state index < -0.39 is 18.1 Å². The molecule has 1 aliphatic carbocycles. The predicted octanol–water partition coefficient (Wildman–Crippen LogP) is 2.72. The Kier molecular flexibility index (Phi) is 7.80. The molecule has 1 saturated heterocycles. The Morgan fingerprint density at radius 1 is 1.06 bits per heavy atom. The molecule has 2 amide bonds. The third kappa shape index (κ3) is 5.39. The molecule has 8 nitrogen and oxygen atoms in total. The Morgan fingerprint density at radius 2 is 1.74 bits per heavy atom. The lowest BCUT2D eigenvalue weighted by Gasteiger charge is -2.19. The largest absolute Gasteiger partial charge is 0.467 e. The molecule has 1 fully saturated rings. The average Bonchev–Trinajstić information content (AvgIpc) is 3.51. The molecule has 0 aromatic heterocycles. The maximum absolute atomic E-state index is 12.3. The van der Waals surface area contributed by atoms with Crippen LogP contribution in [0.1, 0.15) is 42.7 Å². The van der Waals surface area contributed by atoms with Crippen molar-refractivity contribution in [2.45, 2.75) is 43.7 Å². The number of ether oxygens (including phenoxy) is 2. The molecule has 0 unspecified atom stereocenters. The van der Waals surface area contributed by atoms with Crippen molar-refractivity contribution in [1.82, 2.24) is 16.0 Å². The van der Waals surface area contributed by atoms with Gasteiger partial charge in [-0.15, -0.1) is 0 Å². The lowest BCUT2D eigenvalue weighted by Crippen LogP contribution is -2.48. The number of nitrogens with one attached hydrogen (secondary N) is 3. The zero-order valence-electron chi connectivity index (χ0n) is 19.3. The molecule has 0 saturated carbocycles. The number of hydrogen-bond acceptors (Lipinski definition) is 6. The van der Waals surface area contributed by atoms with Crippen LogP contribution in [0.4, 0.5) is 4.79 Å². The van der Waals surface area contributed by atoms with Crippen LogP contribution in [0.2, 0.25) is 0 Å². The highest BCUT2D eigenvalue weighted by atomic mass is 16.5. The second kappa shape index (κ2) is 11.2. The first kappa shape index (κ1) is 23.8. The van der Waals surface area contributed by atoms with Gasteiger partial charge < -0.3 is 25.4 Å². The fourth-order valence-corrected chi connectivity index (χ4v) is 4.72. The van der Waals surface area contributed by atoms with Gasteiger partial charge in [-0.25, -0.2) is 9.59 Å². The van der Waals surface area contributed by atoms with Crippen molar-refractivity contribution >= 4 is 18.0 Å². The van der Waals surface area contributed by atoms with E-state index >= 15 is 0 Å². The highest BCUT2D eigenvalue weighted by Crippen LogP contribution is 2.44. The topological polar surface area (TPSA) is 106 Å². The molecule has 0 radical (unpaired) electrons. The van der Waals surface area contributed by atoms with E-state index in [9.17, 15) is 14.4 Å². The monoisotopic (exact) mass is 465 g/mol. The van der Waals surface area contributed by atoms with Crippen molar-refractivity contribution in [3.63, 3.8) is 0 Å². The number of hydrogen-bond donors (Lipinski definition) is 3. The minimum Gasteiger partial charge on any atom is -0.467 e. The van der Waals surface area contributed by atoms with Gasteiger partial charge in [0.25, 0.3) is 0 Å². The molecule has 0 bridgehead atoms. The quantitative estimate of drug-likeness (QED) is 0.389. The molecule has 1 heterocycles. The predicted molar refractivity (Wildman–Crippen MR) is 127 cm³/mol. The van der Waals surface area contributed by atoms with Gasteiger partial charge in [0.2, 0.25) is 5.91 Å². The molecule has 2 atom stereocenters. The second-order valence-electron chi connectivity index (χ2n) is 8.63. The minimum atomic E-state index is -0.746. The number of benzene rings is 2. The molecule has 4 rings (SSSR count). The molecule has 8 heteroatoms. The Morgan fingerprint density at radius 3 is 2.35 bits per heavy atom. The first-order valence-corrected chi connectivity index (χ1v) is 11.8. The van der Waals surface area contributed by atoms with Crippen molar-refractivity contribution in [3.8, 4) is 11.1 Å². The fourth-order valence-electron chi connectivity index (χ4n) is 4.72. The van der Waals surface area contributed by atoms with Gasteiger partial charge in [0, 0.05) is 12.5 Å². The van der Waals surface area contributed by atoms with Gasteiger partial charge in [-0.05, 0) is 54.5 Å². The van der Waals surface area contributed by atoms with E-state index in [4.69, 9.17) is 9.47 Å². The van der Waals surface area contributed by atoms with E-state index in [1.807, 2.05) is 24.3 Å². The van der Waals surface area contributed by atoms with E-state index in [1.54, 1.807) is 0 Å². The van der Waals surface area contributed by atoms with Crippen molar-refractivity contribution in [2.24, 2.45) is 0 Å². The van der Waals surface area contributed by atoms with Crippen molar-refractivity contribution in [3.05, 3.63) is 59.7 Å². The Hall–Kier alpha value is -3.39. The third-order valence-corrected chi connectivity index (χ3v) is 6.46. The molecule has 34 heavy (non-hydrogen) atoms. The Balaban J connectivity index is 1.23. The third-order valence-electron chi connectivity index (χ3n) is 6.46. The van der Waals surface area contributed by atoms with Crippen LogP contribution in [0.5, 0.6) is 0 Å². The first-order chi connectivity index (χ1) is 16.6. The molecule has 3 N–H and O–H groups in total. The lowest BCUT2D eigenvalue weighted by atomic mass is 9.98. The zero-order chi connectivity index (χ0) is 23.9. The normalized spacial score (nSPS) is 17.4. The molecule has 180 valence electrons. The Labute approximate surface area is 199 Å². The van der Waals surface area contributed by atoms with Crippen LogP contribution in [0.3, 0.4) is 0 Å². The number of alkyl carbamates (subject to hydrolysis) is 1. The second-order valence-corrected chi connectivity index (χ2v) is 8.63. The van der Waals surface area contributed by atoms with Gasteiger partial charge in [0.1, 0.15) is 12.6 Å². The van der Waals surface area contributed by atoms with E-state index in [-0.39, 0.29) is 24.5 Å². The van der Waals surface area contributed by atoms with Crippen LogP contribution < -0.4 is 16.0 Å². The summed E-state index contributed by atoms with van der Waals surface area (Å²) in [4.78, 5) is 36.7. The maximum atomic E-state index is 12.3. The zero-order valence-corrected chi connectivity index (χ0v) is 19.3. The summed E-state index contributed by atoms with van der Waals surface area (Å²) in [6, 6.07) is 15.3. The molecule has 2 aromatic rings. The molecular formula is C26H31N3O5. The lowest BCUT2D eigenvalue weighted by molar-refractivity contribution is -0.145. The molecule has 2 aliphatic rings. The van der Waals surface area contributed by atoms with Gasteiger partial charge in [-0.2, -0.15) is 0 Å². The number of rotatable bonds is 9. The average molecular weight is 466 g/mol. The van der Waals surface area contributed by atoms with Gasteiger partial charge in [-0.3, -0.25) is 4.79 Å². The number of esters is 1. The van der Waals surface area contributed by atoms with Gasteiger partial charge in [0.15, 0.2) is 0 Å². The number of carbonyl (C=O) groups is 3. The number of carbonyl (C=O) groups excluding carboxylic acids is 3. The summed E-state index contributed by atoms with van der Waals surface area (Å²) in [6.45, 7) is 1.36. The smallest absolute Gasteiger partial charge is 0.407 e. The Bertz CT molecular complexity index is 989.